The van der Waals surface area contributed by atoms with Gasteiger partial charge in [-0.2, -0.15) is 18.3 Å². The summed E-state index contributed by atoms with van der Waals surface area (Å²) in [7, 11) is 0. The van der Waals surface area contributed by atoms with Gasteiger partial charge in [-0.25, -0.2) is 0 Å². The van der Waals surface area contributed by atoms with Crippen LogP contribution in [-0.4, -0.2) is 27.2 Å². The number of hydrogen-bond donors (Lipinski definition) is 1. The van der Waals surface area contributed by atoms with Crippen molar-refractivity contribution < 1.29 is 22.4 Å². The molecule has 25 heavy (non-hydrogen) atoms. The van der Waals surface area contributed by atoms with E-state index in [-0.39, 0.29) is 12.1 Å². The molecule has 0 fully saturated rings. The first kappa shape index (κ1) is 16.7. The first-order chi connectivity index (χ1) is 11.9. The van der Waals surface area contributed by atoms with Gasteiger partial charge in [-0.05, 0) is 24.3 Å². The van der Waals surface area contributed by atoms with Gasteiger partial charge in [-0.15, -0.1) is 0 Å². The summed E-state index contributed by atoms with van der Waals surface area (Å²) < 4.78 is 44.2. The monoisotopic (exact) mass is 350 g/mol. The fourth-order valence-corrected chi connectivity index (χ4v) is 2.14. The van der Waals surface area contributed by atoms with Crippen molar-refractivity contribution in [2.75, 3.05) is 6.54 Å². The lowest BCUT2D eigenvalue weighted by molar-refractivity contribution is -0.141. The summed E-state index contributed by atoms with van der Waals surface area (Å²) in [5.74, 6) is 0.186. The maximum atomic E-state index is 12.4. The Morgan fingerprint density at radius 1 is 1.24 bits per heavy atom. The molecular weight excluding hydrogens is 337 g/mol. The predicted molar refractivity (Wildman–Crippen MR) is 81.5 cm³/mol. The number of rotatable bonds is 5. The van der Waals surface area contributed by atoms with Crippen molar-refractivity contribution in [3.05, 3.63) is 60.4 Å². The number of alkyl halides is 3. The normalized spacial score (nSPS) is 11.5. The van der Waals surface area contributed by atoms with Gasteiger partial charge in [0.1, 0.15) is 11.5 Å². The summed E-state index contributed by atoms with van der Waals surface area (Å²) in [5.41, 5.74) is -0.168. The number of amides is 1. The summed E-state index contributed by atoms with van der Waals surface area (Å²) in [6.07, 6.45) is 1.35. The number of carbonyl (C=O) groups is 1. The highest BCUT2D eigenvalue weighted by molar-refractivity contribution is 5.93. The van der Waals surface area contributed by atoms with E-state index in [2.05, 4.69) is 15.4 Å². The van der Waals surface area contributed by atoms with Gasteiger partial charge in [0.2, 0.25) is 0 Å². The SMILES string of the molecule is O=C(NCCn1cc(-c2ccco2)cn1)c1ccc(C(F)(F)F)nc1. The molecule has 0 aliphatic carbocycles. The second-order valence-corrected chi connectivity index (χ2v) is 5.16. The Hall–Kier alpha value is -3.10. The Morgan fingerprint density at radius 3 is 2.72 bits per heavy atom. The molecule has 0 atom stereocenters. The molecule has 0 bridgehead atoms. The largest absolute Gasteiger partial charge is 0.464 e. The van der Waals surface area contributed by atoms with Crippen molar-refractivity contribution in [2.24, 2.45) is 0 Å². The van der Waals surface area contributed by atoms with Gasteiger partial charge in [0.25, 0.3) is 5.91 Å². The minimum absolute atomic E-state index is 0.0599. The van der Waals surface area contributed by atoms with E-state index in [1.54, 1.807) is 35.5 Å². The van der Waals surface area contributed by atoms with E-state index >= 15 is 0 Å². The van der Waals surface area contributed by atoms with Crippen molar-refractivity contribution in [1.82, 2.24) is 20.1 Å². The minimum atomic E-state index is -4.53. The first-order valence-electron chi connectivity index (χ1n) is 7.31. The third kappa shape index (κ3) is 4.06. The standard InChI is InChI=1S/C16H13F3N4O2/c17-16(18,19)14-4-3-11(8-21-14)15(24)20-5-6-23-10-12(9-22-23)13-2-1-7-25-13/h1-4,7-10H,5-6H2,(H,20,24). The molecule has 3 rings (SSSR count). The predicted octanol–water partition coefficient (Wildman–Crippen LogP) is 2.99. The van der Waals surface area contributed by atoms with Crippen molar-refractivity contribution >= 4 is 5.91 Å². The topological polar surface area (TPSA) is 73.0 Å². The second-order valence-electron chi connectivity index (χ2n) is 5.16. The van der Waals surface area contributed by atoms with E-state index in [9.17, 15) is 18.0 Å². The van der Waals surface area contributed by atoms with Gasteiger partial charge >= 0.3 is 6.18 Å². The van der Waals surface area contributed by atoms with Gasteiger partial charge < -0.3 is 9.73 Å². The molecule has 0 aromatic carbocycles. The van der Waals surface area contributed by atoms with E-state index in [0.29, 0.717) is 12.3 Å². The number of furan rings is 1. The van der Waals surface area contributed by atoms with Gasteiger partial charge in [-0.3, -0.25) is 14.5 Å². The molecular formula is C16H13F3N4O2. The molecule has 0 saturated carbocycles. The van der Waals surface area contributed by atoms with Gasteiger partial charge in [0.05, 0.1) is 30.1 Å². The van der Waals surface area contributed by atoms with Crippen molar-refractivity contribution in [2.45, 2.75) is 12.7 Å². The number of pyridine rings is 1. The highest BCUT2D eigenvalue weighted by atomic mass is 19.4. The van der Waals surface area contributed by atoms with Gasteiger partial charge in [0, 0.05) is 18.9 Å². The molecule has 6 nitrogen and oxygen atoms in total. The summed E-state index contributed by atoms with van der Waals surface area (Å²) in [4.78, 5) is 15.2. The van der Waals surface area contributed by atoms with Crippen LogP contribution in [0.5, 0.6) is 0 Å². The van der Waals surface area contributed by atoms with Crippen LogP contribution in [-0.2, 0) is 12.7 Å². The fraction of sp³-hybridized carbons (Fsp3) is 0.188. The summed E-state index contributed by atoms with van der Waals surface area (Å²) in [6, 6.07) is 5.44. The van der Waals surface area contributed by atoms with Crippen molar-refractivity contribution in [3.8, 4) is 11.3 Å². The number of nitrogens with zero attached hydrogens (tertiary/aromatic N) is 3. The smallest absolute Gasteiger partial charge is 0.433 e. The Balaban J connectivity index is 1.53. The molecule has 0 aliphatic heterocycles. The molecule has 130 valence electrons. The van der Waals surface area contributed by atoms with Crippen LogP contribution in [0.25, 0.3) is 11.3 Å². The molecule has 0 unspecified atom stereocenters. The quantitative estimate of drug-likeness (QED) is 0.768. The number of halogens is 3. The van der Waals surface area contributed by atoms with Crippen molar-refractivity contribution in [1.29, 1.82) is 0 Å². The highest BCUT2D eigenvalue weighted by Gasteiger charge is 2.32. The fourth-order valence-electron chi connectivity index (χ4n) is 2.14. The molecule has 0 saturated heterocycles. The van der Waals surface area contributed by atoms with Crippen LogP contribution in [0.3, 0.4) is 0 Å². The summed E-state index contributed by atoms with van der Waals surface area (Å²) in [5, 5.41) is 6.75. The lowest BCUT2D eigenvalue weighted by Gasteiger charge is -2.07. The molecule has 1 N–H and O–H groups in total. The number of carbonyl (C=O) groups excluding carboxylic acids is 1. The lowest BCUT2D eigenvalue weighted by atomic mass is 10.2. The number of hydrogen-bond acceptors (Lipinski definition) is 4. The maximum absolute atomic E-state index is 12.4. The Bertz CT molecular complexity index is 839. The molecule has 9 heteroatoms. The van der Waals surface area contributed by atoms with Crippen LogP contribution >= 0.6 is 0 Å². The second kappa shape index (κ2) is 6.80. The van der Waals surface area contributed by atoms with Crippen LogP contribution in [0.1, 0.15) is 16.1 Å². The average molecular weight is 350 g/mol. The van der Waals surface area contributed by atoms with Crippen LogP contribution in [0.4, 0.5) is 13.2 Å². The molecule has 1 amide bonds. The Labute approximate surface area is 140 Å². The van der Waals surface area contributed by atoms with Crippen molar-refractivity contribution in [3.63, 3.8) is 0 Å². The lowest BCUT2D eigenvalue weighted by Crippen LogP contribution is -2.27. The Morgan fingerprint density at radius 2 is 2.08 bits per heavy atom. The van der Waals surface area contributed by atoms with E-state index in [1.165, 1.54) is 0 Å². The summed E-state index contributed by atoms with van der Waals surface area (Å²) in [6.45, 7) is 0.666. The van der Waals surface area contributed by atoms with Crippen LogP contribution in [0.2, 0.25) is 0 Å². The van der Waals surface area contributed by atoms with Crippen LogP contribution < -0.4 is 5.32 Å². The zero-order valence-corrected chi connectivity index (χ0v) is 12.8. The molecule has 3 aromatic heterocycles. The van der Waals surface area contributed by atoms with E-state index in [0.717, 1.165) is 23.9 Å². The first-order valence-corrected chi connectivity index (χ1v) is 7.31. The maximum Gasteiger partial charge on any atom is 0.433 e. The highest BCUT2D eigenvalue weighted by Crippen LogP contribution is 2.27. The molecule has 0 radical (unpaired) electrons. The Kier molecular flexibility index (Phi) is 4.55. The number of aromatic nitrogens is 3. The molecule has 3 aromatic rings. The van der Waals surface area contributed by atoms with Crippen LogP contribution in [0.15, 0.2) is 53.5 Å². The minimum Gasteiger partial charge on any atom is -0.464 e. The van der Waals surface area contributed by atoms with Gasteiger partial charge in [-0.1, -0.05) is 0 Å². The third-order valence-corrected chi connectivity index (χ3v) is 3.38. The average Bonchev–Trinajstić information content (AvgIpc) is 3.25. The number of nitrogens with one attached hydrogen (secondary N) is 1. The molecule has 3 heterocycles. The van der Waals surface area contributed by atoms with E-state index in [1.807, 2.05) is 0 Å². The molecule has 0 aliphatic rings. The van der Waals surface area contributed by atoms with E-state index < -0.39 is 17.8 Å². The van der Waals surface area contributed by atoms with Gasteiger partial charge in [0.15, 0.2) is 0 Å². The molecule has 0 spiro atoms. The van der Waals surface area contributed by atoms with E-state index in [4.69, 9.17) is 4.42 Å². The summed E-state index contributed by atoms with van der Waals surface area (Å²) >= 11 is 0. The zero-order valence-electron chi connectivity index (χ0n) is 12.8. The van der Waals surface area contributed by atoms with Crippen LogP contribution in [0, 0.1) is 0 Å². The third-order valence-electron chi connectivity index (χ3n) is 3.38. The zero-order chi connectivity index (χ0) is 17.9.